The van der Waals surface area contributed by atoms with Crippen molar-refractivity contribution in [3.8, 4) is 0 Å². The second-order valence-corrected chi connectivity index (χ2v) is 7.61. The van der Waals surface area contributed by atoms with Gasteiger partial charge in [-0.25, -0.2) is 4.98 Å². The van der Waals surface area contributed by atoms with Crippen LogP contribution in [0, 0.1) is 4.91 Å². The van der Waals surface area contributed by atoms with Gasteiger partial charge >= 0.3 is 5.97 Å². The molecule has 0 radical (unpaired) electrons. The van der Waals surface area contributed by atoms with Crippen LogP contribution in [0.4, 0.5) is 0 Å². The van der Waals surface area contributed by atoms with Crippen LogP contribution in [0.3, 0.4) is 0 Å². The Labute approximate surface area is 200 Å². The van der Waals surface area contributed by atoms with E-state index in [1.54, 1.807) is 30.5 Å². The number of amides is 3. The first-order valence-corrected chi connectivity index (χ1v) is 10.9. The van der Waals surface area contributed by atoms with Gasteiger partial charge in [0.2, 0.25) is 5.91 Å². The van der Waals surface area contributed by atoms with E-state index in [0.29, 0.717) is 41.1 Å². The van der Waals surface area contributed by atoms with Crippen molar-refractivity contribution in [3.05, 3.63) is 58.7 Å². The van der Waals surface area contributed by atoms with Crippen LogP contribution >= 0.6 is 0 Å². The SMILES string of the molecule is CCC(NC(=O)CCC(=O)N=O)c1nc2cc(C(=O)NCC(=O)OC)ccc2n1Cc1ccco1. The number of nitrogens with one attached hydrogen (secondary N) is 2. The zero-order chi connectivity index (χ0) is 25.4. The Balaban J connectivity index is 1.92. The van der Waals surface area contributed by atoms with E-state index < -0.39 is 29.7 Å². The number of carbonyl (C=O) groups is 4. The van der Waals surface area contributed by atoms with Gasteiger partial charge in [-0.3, -0.25) is 19.2 Å². The Kier molecular flexibility index (Phi) is 8.43. The number of imidazole rings is 1. The Hall–Kier alpha value is -4.35. The lowest BCUT2D eigenvalue weighted by atomic mass is 10.2. The van der Waals surface area contributed by atoms with E-state index in [0.717, 1.165) is 0 Å². The van der Waals surface area contributed by atoms with Crippen molar-refractivity contribution >= 4 is 34.7 Å². The number of rotatable bonds is 11. The number of ether oxygens (including phenoxy) is 1. The van der Waals surface area contributed by atoms with E-state index in [1.807, 2.05) is 17.6 Å². The summed E-state index contributed by atoms with van der Waals surface area (Å²) < 4.78 is 11.9. The van der Waals surface area contributed by atoms with Crippen LogP contribution in [-0.2, 0) is 25.7 Å². The first-order valence-electron chi connectivity index (χ1n) is 10.9. The molecular formula is C23H25N5O7. The standard InChI is InChI=1S/C23H25N5O7/c1-3-16(25-19(29)8-9-20(30)27-33)22-26-17-11-14(23(32)24-12-21(31)34-2)6-7-18(17)28(22)13-15-5-4-10-35-15/h4-7,10-11,16H,3,8-9,12-13H2,1-2H3,(H,24,32)(H,25,29). The minimum absolute atomic E-state index is 0.177. The fourth-order valence-electron chi connectivity index (χ4n) is 3.49. The molecule has 35 heavy (non-hydrogen) atoms. The molecule has 12 heteroatoms. The Morgan fingerprint density at radius 3 is 2.66 bits per heavy atom. The molecule has 3 aromatic rings. The average molecular weight is 483 g/mol. The molecule has 2 aromatic heterocycles. The predicted octanol–water partition coefficient (Wildman–Crippen LogP) is 2.22. The molecule has 12 nitrogen and oxygen atoms in total. The topological polar surface area (TPSA) is 162 Å². The number of hydrogen-bond donors (Lipinski definition) is 2. The summed E-state index contributed by atoms with van der Waals surface area (Å²) in [5.41, 5.74) is 1.51. The average Bonchev–Trinajstić information content (AvgIpc) is 3.51. The molecule has 0 saturated carbocycles. The highest BCUT2D eigenvalue weighted by Gasteiger charge is 2.23. The molecular weight excluding hydrogens is 458 g/mol. The number of benzene rings is 1. The summed E-state index contributed by atoms with van der Waals surface area (Å²) in [6.07, 6.45) is 1.58. The van der Waals surface area contributed by atoms with Gasteiger partial charge < -0.3 is 24.4 Å². The molecule has 1 aromatic carbocycles. The quantitative estimate of drug-likeness (QED) is 0.310. The summed E-state index contributed by atoms with van der Waals surface area (Å²) in [6.45, 7) is 1.93. The predicted molar refractivity (Wildman–Crippen MR) is 123 cm³/mol. The summed E-state index contributed by atoms with van der Waals surface area (Å²) in [4.78, 5) is 62.3. The second-order valence-electron chi connectivity index (χ2n) is 7.61. The number of esters is 1. The van der Waals surface area contributed by atoms with Crippen LogP contribution < -0.4 is 10.6 Å². The molecule has 2 heterocycles. The van der Waals surface area contributed by atoms with Crippen molar-refractivity contribution in [2.24, 2.45) is 5.18 Å². The largest absolute Gasteiger partial charge is 0.468 e. The molecule has 1 atom stereocenters. The van der Waals surface area contributed by atoms with Gasteiger partial charge in [0.05, 0.1) is 37.0 Å². The molecule has 2 N–H and O–H groups in total. The molecule has 3 amide bonds. The molecule has 3 rings (SSSR count). The van der Waals surface area contributed by atoms with Gasteiger partial charge in [0.1, 0.15) is 18.1 Å². The molecule has 0 aliphatic rings. The monoisotopic (exact) mass is 483 g/mol. The fourth-order valence-corrected chi connectivity index (χ4v) is 3.49. The lowest BCUT2D eigenvalue weighted by molar-refractivity contribution is -0.139. The van der Waals surface area contributed by atoms with Crippen LogP contribution in [0.2, 0.25) is 0 Å². The van der Waals surface area contributed by atoms with Crippen molar-refractivity contribution in [3.63, 3.8) is 0 Å². The first kappa shape index (κ1) is 25.3. The van der Waals surface area contributed by atoms with Crippen LogP contribution in [0.25, 0.3) is 11.0 Å². The van der Waals surface area contributed by atoms with E-state index in [2.05, 4.69) is 25.5 Å². The zero-order valence-corrected chi connectivity index (χ0v) is 19.3. The molecule has 0 fully saturated rings. The maximum atomic E-state index is 12.5. The van der Waals surface area contributed by atoms with Gasteiger partial charge in [-0.2, -0.15) is 0 Å². The normalized spacial score (nSPS) is 11.6. The van der Waals surface area contributed by atoms with Gasteiger partial charge in [-0.15, -0.1) is 4.91 Å². The Morgan fingerprint density at radius 2 is 2.00 bits per heavy atom. The number of methoxy groups -OCH3 is 1. The van der Waals surface area contributed by atoms with E-state index in [4.69, 9.17) is 4.42 Å². The second kappa shape index (κ2) is 11.7. The number of nitroso groups, excluding NO2 is 1. The van der Waals surface area contributed by atoms with Crippen LogP contribution in [0.1, 0.15) is 54.2 Å². The van der Waals surface area contributed by atoms with Crippen LogP contribution in [-0.4, -0.2) is 46.9 Å². The van der Waals surface area contributed by atoms with Crippen LogP contribution in [0.5, 0.6) is 0 Å². The lowest BCUT2D eigenvalue weighted by Crippen LogP contribution is -2.30. The van der Waals surface area contributed by atoms with Crippen molar-refractivity contribution < 1.29 is 28.3 Å². The zero-order valence-electron chi connectivity index (χ0n) is 19.3. The van der Waals surface area contributed by atoms with E-state index in [9.17, 15) is 24.1 Å². The number of nitrogens with zero attached hydrogens (tertiary/aromatic N) is 3. The third kappa shape index (κ3) is 6.37. The van der Waals surface area contributed by atoms with Gasteiger partial charge in [0, 0.05) is 23.6 Å². The molecule has 1 unspecified atom stereocenters. The molecule has 0 saturated heterocycles. The summed E-state index contributed by atoms with van der Waals surface area (Å²) in [7, 11) is 1.23. The first-order chi connectivity index (χ1) is 16.9. The maximum absolute atomic E-state index is 12.5. The number of aromatic nitrogens is 2. The van der Waals surface area contributed by atoms with Gasteiger partial charge in [-0.05, 0) is 36.8 Å². The minimum Gasteiger partial charge on any atom is -0.468 e. The lowest BCUT2D eigenvalue weighted by Gasteiger charge is -2.18. The Bertz CT molecular complexity index is 1230. The van der Waals surface area contributed by atoms with Crippen LogP contribution in [0.15, 0.2) is 46.2 Å². The van der Waals surface area contributed by atoms with Crippen molar-refractivity contribution in [1.29, 1.82) is 0 Å². The minimum atomic E-state index is -0.892. The molecule has 0 aliphatic carbocycles. The highest BCUT2D eigenvalue weighted by molar-refractivity contribution is 5.98. The molecule has 0 aliphatic heterocycles. The smallest absolute Gasteiger partial charge is 0.325 e. The highest BCUT2D eigenvalue weighted by Crippen LogP contribution is 2.25. The summed E-state index contributed by atoms with van der Waals surface area (Å²) in [5, 5.41) is 7.62. The van der Waals surface area contributed by atoms with Crippen molar-refractivity contribution in [2.75, 3.05) is 13.7 Å². The summed E-state index contributed by atoms with van der Waals surface area (Å²) in [6, 6.07) is 7.98. The number of furan rings is 1. The maximum Gasteiger partial charge on any atom is 0.325 e. The molecule has 0 bridgehead atoms. The summed E-state index contributed by atoms with van der Waals surface area (Å²) in [5.74, 6) is -1.16. The van der Waals surface area contributed by atoms with Gasteiger partial charge in [-0.1, -0.05) is 6.92 Å². The molecule has 0 spiro atoms. The Morgan fingerprint density at radius 1 is 1.20 bits per heavy atom. The molecule has 184 valence electrons. The van der Waals surface area contributed by atoms with Crippen molar-refractivity contribution in [2.45, 2.75) is 38.8 Å². The fraction of sp³-hybridized carbons (Fsp3) is 0.348. The summed E-state index contributed by atoms with van der Waals surface area (Å²) >= 11 is 0. The van der Waals surface area contributed by atoms with Gasteiger partial charge in [0.25, 0.3) is 11.8 Å². The number of fused-ring (bicyclic) bond motifs is 1. The number of carbonyl (C=O) groups excluding carboxylic acids is 4. The van der Waals surface area contributed by atoms with E-state index >= 15 is 0 Å². The van der Waals surface area contributed by atoms with Crippen molar-refractivity contribution in [1.82, 2.24) is 20.2 Å². The van der Waals surface area contributed by atoms with Gasteiger partial charge in [0.15, 0.2) is 0 Å². The highest BCUT2D eigenvalue weighted by atomic mass is 16.5. The van der Waals surface area contributed by atoms with E-state index in [-0.39, 0.29) is 19.4 Å². The van der Waals surface area contributed by atoms with E-state index in [1.165, 1.54) is 7.11 Å². The third-order valence-corrected chi connectivity index (χ3v) is 5.28. The third-order valence-electron chi connectivity index (χ3n) is 5.28. The number of hydrogen-bond acceptors (Lipinski definition) is 8.